The number of hydrogen-bond donors (Lipinski definition) is 3. The summed E-state index contributed by atoms with van der Waals surface area (Å²) in [5.41, 5.74) is 5.82. The first-order chi connectivity index (χ1) is 14.9. The van der Waals surface area contributed by atoms with E-state index < -0.39 is 0 Å². The highest BCUT2D eigenvalue weighted by Gasteiger charge is 2.33. The zero-order chi connectivity index (χ0) is 22.1. The number of rotatable bonds is 6. The van der Waals surface area contributed by atoms with Crippen LogP contribution in [0.1, 0.15) is 59.6 Å². The van der Waals surface area contributed by atoms with E-state index in [2.05, 4.69) is 34.4 Å². The zero-order valence-corrected chi connectivity index (χ0v) is 18.3. The fourth-order valence-electron chi connectivity index (χ4n) is 4.70. The van der Waals surface area contributed by atoms with Crippen LogP contribution < -0.4 is 10.6 Å². The lowest BCUT2D eigenvalue weighted by molar-refractivity contribution is -0.110. The lowest BCUT2D eigenvalue weighted by Gasteiger charge is -2.19. The van der Waals surface area contributed by atoms with Gasteiger partial charge in [-0.3, -0.25) is 9.59 Å². The number of anilines is 1. The van der Waals surface area contributed by atoms with Gasteiger partial charge >= 0.3 is 0 Å². The molecule has 3 N–H and O–H groups in total. The minimum absolute atomic E-state index is 0.0873. The number of aryl methyl sites for hydroxylation is 1. The second-order valence-corrected chi connectivity index (χ2v) is 8.11. The average Bonchev–Trinajstić information content (AvgIpc) is 3.26. The van der Waals surface area contributed by atoms with E-state index in [4.69, 9.17) is 0 Å². The number of nitrogens with one attached hydrogen (secondary N) is 3. The first kappa shape index (κ1) is 21.3. The van der Waals surface area contributed by atoms with Crippen molar-refractivity contribution in [3.8, 4) is 0 Å². The molecule has 6 nitrogen and oxygen atoms in total. The summed E-state index contributed by atoms with van der Waals surface area (Å²) in [6.07, 6.45) is 2.31. The molecule has 2 aliphatic rings. The van der Waals surface area contributed by atoms with Crippen molar-refractivity contribution in [2.75, 3.05) is 31.5 Å². The molecule has 2 heterocycles. The number of aromatic amines is 1. The van der Waals surface area contributed by atoms with E-state index >= 15 is 0 Å². The van der Waals surface area contributed by atoms with Crippen molar-refractivity contribution in [1.29, 1.82) is 0 Å². The number of aromatic nitrogens is 1. The molecule has 0 spiro atoms. The number of halogens is 1. The van der Waals surface area contributed by atoms with Crippen LogP contribution in [0.15, 0.2) is 18.2 Å². The van der Waals surface area contributed by atoms with Crippen molar-refractivity contribution in [3.05, 3.63) is 52.1 Å². The molecule has 0 saturated carbocycles. The van der Waals surface area contributed by atoms with Crippen molar-refractivity contribution in [1.82, 2.24) is 15.2 Å². The molecular weight excluding hydrogens is 395 g/mol. The van der Waals surface area contributed by atoms with Gasteiger partial charge in [0.1, 0.15) is 5.82 Å². The third-order valence-corrected chi connectivity index (χ3v) is 6.31. The normalized spacial score (nSPS) is 17.5. The molecule has 0 bridgehead atoms. The molecule has 0 atom stereocenters. The van der Waals surface area contributed by atoms with Crippen LogP contribution in [0.5, 0.6) is 0 Å². The molecule has 0 radical (unpaired) electrons. The molecule has 31 heavy (non-hydrogen) atoms. The number of allylic oxidation sites excluding steroid dienone is 1. The van der Waals surface area contributed by atoms with Crippen LogP contribution in [0.2, 0.25) is 0 Å². The monoisotopic (exact) mass is 424 g/mol. The quantitative estimate of drug-likeness (QED) is 0.619. The highest BCUT2D eigenvalue weighted by Crippen LogP contribution is 2.43. The molecular formula is C24H29FN4O2. The maximum atomic E-state index is 13.9. The van der Waals surface area contributed by atoms with E-state index in [1.807, 2.05) is 6.92 Å². The molecule has 0 unspecified atom stereocenters. The molecule has 1 aliphatic carbocycles. The SMILES string of the molecule is CCN(CC)CCNC(=O)c1c(C)[nH]c2c1CCCC2=C1C(=O)Nc2ccc(F)cc21. The lowest BCUT2D eigenvalue weighted by Crippen LogP contribution is -2.35. The smallest absolute Gasteiger partial charge is 0.256 e. The van der Waals surface area contributed by atoms with Gasteiger partial charge in [0, 0.05) is 35.7 Å². The Kier molecular flexibility index (Phi) is 5.96. The molecule has 1 aromatic heterocycles. The zero-order valence-electron chi connectivity index (χ0n) is 18.3. The van der Waals surface area contributed by atoms with Gasteiger partial charge in [0.25, 0.3) is 11.8 Å². The van der Waals surface area contributed by atoms with Gasteiger partial charge in [0.2, 0.25) is 0 Å². The summed E-state index contributed by atoms with van der Waals surface area (Å²) in [7, 11) is 0. The van der Waals surface area contributed by atoms with E-state index in [-0.39, 0.29) is 17.6 Å². The van der Waals surface area contributed by atoms with Gasteiger partial charge in [0.05, 0.1) is 11.1 Å². The predicted molar refractivity (Wildman–Crippen MR) is 120 cm³/mol. The molecule has 164 valence electrons. The largest absolute Gasteiger partial charge is 0.358 e. The number of carbonyl (C=O) groups is 2. The number of H-pyrrole nitrogens is 1. The van der Waals surface area contributed by atoms with Gasteiger partial charge in [-0.25, -0.2) is 4.39 Å². The Hall–Kier alpha value is -2.93. The third kappa shape index (κ3) is 3.90. The summed E-state index contributed by atoms with van der Waals surface area (Å²) in [5, 5.41) is 5.88. The summed E-state index contributed by atoms with van der Waals surface area (Å²) >= 11 is 0. The molecule has 4 rings (SSSR count). The lowest BCUT2D eigenvalue weighted by atomic mass is 9.86. The van der Waals surface area contributed by atoms with Crippen molar-refractivity contribution in [2.24, 2.45) is 0 Å². The molecule has 0 fully saturated rings. The van der Waals surface area contributed by atoms with Crippen molar-refractivity contribution >= 4 is 28.6 Å². The summed E-state index contributed by atoms with van der Waals surface area (Å²) in [5.74, 6) is -0.683. The Balaban J connectivity index is 1.68. The minimum atomic E-state index is -0.375. The molecule has 1 aliphatic heterocycles. The van der Waals surface area contributed by atoms with Gasteiger partial charge in [0.15, 0.2) is 0 Å². The van der Waals surface area contributed by atoms with Crippen LogP contribution in [0.3, 0.4) is 0 Å². The number of likely N-dealkylation sites (N-methyl/N-ethyl adjacent to an activating group) is 1. The van der Waals surface area contributed by atoms with Crippen LogP contribution >= 0.6 is 0 Å². The Labute approximate surface area is 181 Å². The fraction of sp³-hybridized carbons (Fsp3) is 0.417. The van der Waals surface area contributed by atoms with Gasteiger partial charge in [-0.2, -0.15) is 0 Å². The number of benzene rings is 1. The van der Waals surface area contributed by atoms with Crippen LogP contribution in [-0.2, 0) is 11.2 Å². The molecule has 0 saturated heterocycles. The Morgan fingerprint density at radius 3 is 2.74 bits per heavy atom. The molecule has 1 aromatic carbocycles. The van der Waals surface area contributed by atoms with E-state index in [1.54, 1.807) is 6.07 Å². The van der Waals surface area contributed by atoms with Crippen molar-refractivity contribution < 1.29 is 14.0 Å². The first-order valence-electron chi connectivity index (χ1n) is 11.0. The minimum Gasteiger partial charge on any atom is -0.358 e. The standard InChI is InChI=1S/C24H29FN4O2/c1-4-29(5-2)12-11-26-23(30)20-14(3)27-22-16(20)7-6-8-17(22)21-18-13-15(25)9-10-19(18)28-24(21)31/h9-10,13,27H,4-8,11-12H2,1-3H3,(H,26,30)(H,28,31). The summed E-state index contributed by atoms with van der Waals surface area (Å²) < 4.78 is 13.9. The van der Waals surface area contributed by atoms with Crippen LogP contribution in [-0.4, -0.2) is 47.9 Å². The molecule has 2 amide bonds. The van der Waals surface area contributed by atoms with Gasteiger partial charge in [-0.1, -0.05) is 13.8 Å². The summed E-state index contributed by atoms with van der Waals surface area (Å²) in [6, 6.07) is 4.34. The third-order valence-electron chi connectivity index (χ3n) is 6.31. The number of carbonyl (C=O) groups excluding carboxylic acids is 2. The van der Waals surface area contributed by atoms with E-state index in [9.17, 15) is 14.0 Å². The van der Waals surface area contributed by atoms with Gasteiger partial charge in [-0.15, -0.1) is 0 Å². The summed E-state index contributed by atoms with van der Waals surface area (Å²) in [4.78, 5) is 31.4. The number of amides is 2. The predicted octanol–water partition coefficient (Wildman–Crippen LogP) is 3.73. The van der Waals surface area contributed by atoms with Crippen molar-refractivity contribution in [2.45, 2.75) is 40.0 Å². The highest BCUT2D eigenvalue weighted by molar-refractivity contribution is 6.36. The van der Waals surface area contributed by atoms with Crippen LogP contribution in [0.4, 0.5) is 10.1 Å². The maximum Gasteiger partial charge on any atom is 0.256 e. The highest BCUT2D eigenvalue weighted by atomic mass is 19.1. The maximum absolute atomic E-state index is 13.9. The Bertz CT molecular complexity index is 1070. The first-order valence-corrected chi connectivity index (χ1v) is 11.0. The van der Waals surface area contributed by atoms with Crippen LogP contribution in [0, 0.1) is 12.7 Å². The second kappa shape index (κ2) is 8.67. The number of fused-ring (bicyclic) bond motifs is 2. The van der Waals surface area contributed by atoms with Crippen LogP contribution in [0.25, 0.3) is 11.1 Å². The van der Waals surface area contributed by atoms with E-state index in [0.717, 1.165) is 55.0 Å². The van der Waals surface area contributed by atoms with Crippen molar-refractivity contribution in [3.63, 3.8) is 0 Å². The topological polar surface area (TPSA) is 77.2 Å². The second-order valence-electron chi connectivity index (χ2n) is 8.11. The number of hydrogen-bond acceptors (Lipinski definition) is 3. The molecule has 2 aromatic rings. The number of nitrogens with zero attached hydrogens (tertiary/aromatic N) is 1. The Morgan fingerprint density at radius 2 is 2.00 bits per heavy atom. The fourth-order valence-corrected chi connectivity index (χ4v) is 4.70. The van der Waals surface area contributed by atoms with Gasteiger partial charge < -0.3 is 20.5 Å². The average molecular weight is 425 g/mol. The van der Waals surface area contributed by atoms with E-state index in [0.29, 0.717) is 35.4 Å². The summed E-state index contributed by atoms with van der Waals surface area (Å²) in [6.45, 7) is 9.40. The Morgan fingerprint density at radius 1 is 1.23 bits per heavy atom. The van der Waals surface area contributed by atoms with Gasteiger partial charge in [-0.05, 0) is 68.6 Å². The van der Waals surface area contributed by atoms with E-state index in [1.165, 1.54) is 12.1 Å². The molecule has 7 heteroatoms.